The quantitative estimate of drug-likeness (QED) is 0.792. The van der Waals surface area contributed by atoms with Crippen LogP contribution in [0.4, 0.5) is 4.39 Å². The summed E-state index contributed by atoms with van der Waals surface area (Å²) in [5.41, 5.74) is 6.53. The summed E-state index contributed by atoms with van der Waals surface area (Å²) in [7, 11) is 0. The van der Waals surface area contributed by atoms with E-state index in [4.69, 9.17) is 10.5 Å². The summed E-state index contributed by atoms with van der Waals surface area (Å²) in [5.74, 6) is 0.0163. The Morgan fingerprint density at radius 2 is 2.00 bits per heavy atom. The first-order valence-corrected chi connectivity index (χ1v) is 7.37. The predicted octanol–water partition coefficient (Wildman–Crippen LogP) is 3.46. The molecule has 1 aromatic carbocycles. The molecule has 1 aromatic heterocycles. The van der Waals surface area contributed by atoms with Gasteiger partial charge in [-0.25, -0.2) is 9.37 Å². The third-order valence-electron chi connectivity index (χ3n) is 3.49. The maximum absolute atomic E-state index is 13.1. The van der Waals surface area contributed by atoms with Crippen molar-refractivity contribution in [1.29, 1.82) is 0 Å². The topological polar surface area (TPSA) is 77.2 Å². The minimum Gasteiger partial charge on any atom is -0.439 e. The molecular formula is C17H22Cl2FN3O2. The molecule has 3 N–H and O–H groups in total. The van der Waals surface area contributed by atoms with Gasteiger partial charge in [0.05, 0.1) is 0 Å². The Bertz CT molecular complexity index is 669. The number of ether oxygens (including phenoxy) is 1. The Kier molecular flexibility index (Phi) is 10.0. The molecule has 2 rings (SSSR count). The second kappa shape index (κ2) is 10.9. The molecule has 0 fully saturated rings. The molecule has 1 amide bonds. The molecule has 0 saturated carbocycles. The van der Waals surface area contributed by atoms with Gasteiger partial charge in [-0.05, 0) is 24.6 Å². The maximum atomic E-state index is 13.1. The molecule has 0 saturated heterocycles. The third-order valence-corrected chi connectivity index (χ3v) is 3.49. The van der Waals surface area contributed by atoms with Gasteiger partial charge in [-0.2, -0.15) is 0 Å². The van der Waals surface area contributed by atoms with Crippen LogP contribution in [0.3, 0.4) is 0 Å². The van der Waals surface area contributed by atoms with E-state index in [1.165, 1.54) is 12.1 Å². The zero-order valence-electron chi connectivity index (χ0n) is 13.9. The van der Waals surface area contributed by atoms with Gasteiger partial charge < -0.3 is 15.8 Å². The predicted molar refractivity (Wildman–Crippen MR) is 99.9 cm³/mol. The number of carbonyl (C=O) groups is 1. The van der Waals surface area contributed by atoms with Crippen LogP contribution in [0.25, 0.3) is 0 Å². The number of carbonyl (C=O) groups excluding carboxylic acids is 1. The fourth-order valence-corrected chi connectivity index (χ4v) is 1.82. The van der Waals surface area contributed by atoms with Gasteiger partial charge in [0.25, 0.3) is 0 Å². The number of halogens is 3. The largest absolute Gasteiger partial charge is 0.439 e. The summed E-state index contributed by atoms with van der Waals surface area (Å²) in [4.78, 5) is 16.0. The van der Waals surface area contributed by atoms with E-state index in [0.717, 1.165) is 5.56 Å². The SMILES string of the molecule is CC(N)C(C)C(=O)NCc1ccc(Oc2cccc(F)c2)nc1.Cl.Cl. The van der Waals surface area contributed by atoms with E-state index in [1.807, 2.05) is 0 Å². The molecule has 5 nitrogen and oxygen atoms in total. The van der Waals surface area contributed by atoms with Crippen LogP contribution >= 0.6 is 24.8 Å². The minimum absolute atomic E-state index is 0. The standard InChI is InChI=1S/C17H20FN3O2.2ClH/c1-11(12(2)19)17(22)21-10-13-6-7-16(20-9-13)23-15-5-3-4-14(18)8-15;;/h3-9,11-12H,10,19H2,1-2H3,(H,21,22);2*1H. The first-order valence-electron chi connectivity index (χ1n) is 7.37. The van der Waals surface area contributed by atoms with Crippen molar-refractivity contribution in [2.45, 2.75) is 26.4 Å². The summed E-state index contributed by atoms with van der Waals surface area (Å²) in [5, 5.41) is 2.81. The van der Waals surface area contributed by atoms with Crippen molar-refractivity contribution in [1.82, 2.24) is 10.3 Å². The van der Waals surface area contributed by atoms with Crippen LogP contribution in [-0.4, -0.2) is 16.9 Å². The summed E-state index contributed by atoms with van der Waals surface area (Å²) in [6, 6.07) is 9.10. The smallest absolute Gasteiger partial charge is 0.224 e. The van der Waals surface area contributed by atoms with E-state index in [2.05, 4.69) is 10.3 Å². The Labute approximate surface area is 159 Å². The molecule has 2 aromatic rings. The number of hydrogen-bond acceptors (Lipinski definition) is 4. The number of nitrogens with two attached hydrogens (primary N) is 1. The lowest BCUT2D eigenvalue weighted by Gasteiger charge is -2.15. The lowest BCUT2D eigenvalue weighted by atomic mass is 10.0. The van der Waals surface area contributed by atoms with Gasteiger partial charge in [-0.1, -0.05) is 19.1 Å². The number of amides is 1. The zero-order chi connectivity index (χ0) is 16.8. The second-order valence-corrected chi connectivity index (χ2v) is 5.43. The van der Waals surface area contributed by atoms with E-state index in [-0.39, 0.29) is 48.5 Å². The number of nitrogens with zero attached hydrogens (tertiary/aromatic N) is 1. The average Bonchev–Trinajstić information content (AvgIpc) is 2.53. The molecule has 0 aliphatic rings. The number of nitrogens with one attached hydrogen (secondary N) is 1. The number of pyridine rings is 1. The Morgan fingerprint density at radius 1 is 1.28 bits per heavy atom. The van der Waals surface area contributed by atoms with Gasteiger partial charge in [0.2, 0.25) is 11.8 Å². The van der Waals surface area contributed by atoms with Crippen LogP contribution in [0.5, 0.6) is 11.6 Å². The lowest BCUT2D eigenvalue weighted by Crippen LogP contribution is -2.38. The number of rotatable bonds is 6. The minimum atomic E-state index is -0.370. The van der Waals surface area contributed by atoms with E-state index in [0.29, 0.717) is 18.2 Å². The molecule has 138 valence electrons. The first kappa shape index (κ1) is 23.1. The van der Waals surface area contributed by atoms with Crippen molar-refractivity contribution < 1.29 is 13.9 Å². The summed E-state index contributed by atoms with van der Waals surface area (Å²) in [6.45, 7) is 3.95. The molecule has 0 bridgehead atoms. The van der Waals surface area contributed by atoms with E-state index in [9.17, 15) is 9.18 Å². The highest BCUT2D eigenvalue weighted by atomic mass is 35.5. The van der Waals surface area contributed by atoms with E-state index >= 15 is 0 Å². The molecule has 1 heterocycles. The van der Waals surface area contributed by atoms with Gasteiger partial charge in [0.15, 0.2) is 0 Å². The molecular weight excluding hydrogens is 368 g/mol. The van der Waals surface area contributed by atoms with Gasteiger partial charge in [-0.15, -0.1) is 24.8 Å². The maximum Gasteiger partial charge on any atom is 0.224 e. The second-order valence-electron chi connectivity index (χ2n) is 5.43. The van der Waals surface area contributed by atoms with Gasteiger partial charge >= 0.3 is 0 Å². The van der Waals surface area contributed by atoms with Crippen LogP contribution in [0.15, 0.2) is 42.6 Å². The molecule has 0 spiro atoms. The zero-order valence-corrected chi connectivity index (χ0v) is 15.6. The van der Waals surface area contributed by atoms with Crippen molar-refractivity contribution in [2.75, 3.05) is 0 Å². The molecule has 25 heavy (non-hydrogen) atoms. The first-order chi connectivity index (χ1) is 11.0. The highest BCUT2D eigenvalue weighted by Gasteiger charge is 2.16. The van der Waals surface area contributed by atoms with Crippen LogP contribution in [0.2, 0.25) is 0 Å². The number of benzene rings is 1. The Hall–Kier alpha value is -1.89. The van der Waals surface area contributed by atoms with Crippen LogP contribution in [-0.2, 0) is 11.3 Å². The van der Waals surface area contributed by atoms with Crippen LogP contribution in [0.1, 0.15) is 19.4 Å². The molecule has 8 heteroatoms. The van der Waals surface area contributed by atoms with Crippen molar-refractivity contribution in [3.8, 4) is 11.6 Å². The normalized spacial score (nSPS) is 12.2. The van der Waals surface area contributed by atoms with Crippen molar-refractivity contribution >= 4 is 30.7 Å². The number of hydrogen-bond donors (Lipinski definition) is 2. The van der Waals surface area contributed by atoms with E-state index in [1.54, 1.807) is 44.3 Å². The molecule has 0 aliphatic carbocycles. The summed E-state index contributed by atoms with van der Waals surface area (Å²) < 4.78 is 18.5. The van der Waals surface area contributed by atoms with Gasteiger partial charge in [0, 0.05) is 36.8 Å². The van der Waals surface area contributed by atoms with Crippen LogP contribution in [0, 0.1) is 11.7 Å². The fourth-order valence-electron chi connectivity index (χ4n) is 1.82. The lowest BCUT2D eigenvalue weighted by molar-refractivity contribution is -0.125. The average molecular weight is 390 g/mol. The summed E-state index contributed by atoms with van der Waals surface area (Å²) >= 11 is 0. The highest BCUT2D eigenvalue weighted by Crippen LogP contribution is 2.20. The Balaban J connectivity index is 0.00000288. The Morgan fingerprint density at radius 3 is 2.56 bits per heavy atom. The van der Waals surface area contributed by atoms with E-state index < -0.39 is 0 Å². The van der Waals surface area contributed by atoms with Crippen LogP contribution < -0.4 is 15.8 Å². The molecule has 0 aliphatic heterocycles. The number of aromatic nitrogens is 1. The van der Waals surface area contributed by atoms with Crippen molar-refractivity contribution in [3.05, 3.63) is 54.0 Å². The van der Waals surface area contributed by atoms with Crippen molar-refractivity contribution in [2.24, 2.45) is 11.7 Å². The molecule has 0 radical (unpaired) electrons. The summed E-state index contributed by atoms with van der Waals surface area (Å²) in [6.07, 6.45) is 1.60. The van der Waals surface area contributed by atoms with Gasteiger partial charge in [-0.3, -0.25) is 4.79 Å². The molecule has 2 unspecified atom stereocenters. The third kappa shape index (κ3) is 7.25. The fraction of sp³-hybridized carbons (Fsp3) is 0.294. The van der Waals surface area contributed by atoms with Gasteiger partial charge in [0.1, 0.15) is 11.6 Å². The monoisotopic (exact) mass is 389 g/mol. The molecule has 2 atom stereocenters. The highest BCUT2D eigenvalue weighted by molar-refractivity contribution is 5.85. The van der Waals surface area contributed by atoms with Crippen molar-refractivity contribution in [3.63, 3.8) is 0 Å².